The highest BCUT2D eigenvalue weighted by Gasteiger charge is 2.23. The molecule has 1 aromatic carbocycles. The number of amides is 1. The average Bonchev–Trinajstić information content (AvgIpc) is 2.15. The van der Waals surface area contributed by atoms with E-state index in [0.717, 1.165) is 0 Å². The lowest BCUT2D eigenvalue weighted by Gasteiger charge is -2.09. The number of anilines is 1. The summed E-state index contributed by atoms with van der Waals surface area (Å²) >= 11 is 0. The fraction of sp³-hybridized carbons (Fsp3) is 0.300. The Balaban J connectivity index is 3.18. The number of nitrogen functional groups attached to an aromatic ring is 1. The van der Waals surface area contributed by atoms with Crippen LogP contribution in [-0.4, -0.2) is 16.9 Å². The summed E-state index contributed by atoms with van der Waals surface area (Å²) in [4.78, 5) is 21.8. The topological polar surface area (TPSA) is 98.3 Å². The number of rotatable bonds is 3. The van der Waals surface area contributed by atoms with E-state index in [-0.39, 0.29) is 23.0 Å². The highest BCUT2D eigenvalue weighted by atomic mass is 16.6. The number of nitrogens with one attached hydrogen (secondary N) is 1. The Kier molecular flexibility index (Phi) is 3.44. The third kappa shape index (κ3) is 2.47. The summed E-state index contributed by atoms with van der Waals surface area (Å²) in [5, 5.41) is 13.4. The van der Waals surface area contributed by atoms with Crippen molar-refractivity contribution in [2.24, 2.45) is 0 Å². The van der Waals surface area contributed by atoms with Gasteiger partial charge in [0.1, 0.15) is 11.3 Å². The third-order valence-corrected chi connectivity index (χ3v) is 1.91. The Morgan fingerprint density at radius 3 is 2.62 bits per heavy atom. The molecule has 0 aliphatic heterocycles. The van der Waals surface area contributed by atoms with E-state index in [4.69, 9.17) is 5.73 Å². The number of nitrogens with two attached hydrogens (primary N) is 1. The normalized spacial score (nSPS) is 10.2. The van der Waals surface area contributed by atoms with Crippen LogP contribution in [0.15, 0.2) is 18.2 Å². The van der Waals surface area contributed by atoms with Crippen molar-refractivity contribution in [2.45, 2.75) is 19.9 Å². The van der Waals surface area contributed by atoms with Crippen LogP contribution in [0.2, 0.25) is 0 Å². The monoisotopic (exact) mass is 223 g/mol. The highest BCUT2D eigenvalue weighted by molar-refractivity contribution is 6.00. The second kappa shape index (κ2) is 4.61. The number of benzene rings is 1. The quantitative estimate of drug-likeness (QED) is 0.458. The van der Waals surface area contributed by atoms with Gasteiger partial charge in [0.2, 0.25) is 0 Å². The minimum absolute atomic E-state index is 0.0126. The number of carbonyl (C=O) groups is 1. The van der Waals surface area contributed by atoms with Gasteiger partial charge in [-0.2, -0.15) is 0 Å². The molecule has 1 aromatic rings. The molecule has 0 radical (unpaired) electrons. The second-order valence-corrected chi connectivity index (χ2v) is 3.63. The lowest BCUT2D eigenvalue weighted by atomic mass is 10.1. The first-order valence-electron chi connectivity index (χ1n) is 4.77. The van der Waals surface area contributed by atoms with Crippen LogP contribution < -0.4 is 11.1 Å². The predicted molar refractivity (Wildman–Crippen MR) is 60.1 cm³/mol. The third-order valence-electron chi connectivity index (χ3n) is 1.91. The van der Waals surface area contributed by atoms with Gasteiger partial charge in [-0.25, -0.2) is 0 Å². The van der Waals surface area contributed by atoms with Crippen molar-refractivity contribution < 1.29 is 9.72 Å². The molecule has 0 saturated heterocycles. The molecule has 0 fully saturated rings. The summed E-state index contributed by atoms with van der Waals surface area (Å²) in [6.07, 6.45) is 0. The van der Waals surface area contributed by atoms with E-state index in [9.17, 15) is 14.9 Å². The SMILES string of the molecule is CC(C)NC(=O)c1cccc(N)c1[N+](=O)[O-]. The van der Waals surface area contributed by atoms with Gasteiger partial charge >= 0.3 is 5.69 Å². The van der Waals surface area contributed by atoms with Crippen molar-refractivity contribution in [2.75, 3.05) is 5.73 Å². The van der Waals surface area contributed by atoms with Gasteiger partial charge in [-0.1, -0.05) is 6.07 Å². The van der Waals surface area contributed by atoms with Crippen LogP contribution >= 0.6 is 0 Å². The van der Waals surface area contributed by atoms with Gasteiger partial charge in [0, 0.05) is 6.04 Å². The van der Waals surface area contributed by atoms with Crippen molar-refractivity contribution in [3.8, 4) is 0 Å². The Bertz CT molecular complexity index is 429. The van der Waals surface area contributed by atoms with E-state index in [2.05, 4.69) is 5.32 Å². The molecule has 1 amide bonds. The molecule has 0 bridgehead atoms. The maximum absolute atomic E-state index is 11.7. The molecular weight excluding hydrogens is 210 g/mol. The zero-order valence-corrected chi connectivity index (χ0v) is 9.06. The number of para-hydroxylation sites is 1. The van der Waals surface area contributed by atoms with E-state index in [1.165, 1.54) is 18.2 Å². The molecule has 0 aliphatic rings. The summed E-state index contributed by atoms with van der Waals surface area (Å²) in [6.45, 7) is 3.55. The van der Waals surface area contributed by atoms with Crippen molar-refractivity contribution in [3.05, 3.63) is 33.9 Å². The fourth-order valence-electron chi connectivity index (χ4n) is 1.29. The van der Waals surface area contributed by atoms with Crippen molar-refractivity contribution in [1.82, 2.24) is 5.32 Å². The maximum atomic E-state index is 11.7. The second-order valence-electron chi connectivity index (χ2n) is 3.63. The predicted octanol–water partition coefficient (Wildman–Crippen LogP) is 1.32. The summed E-state index contributed by atoms with van der Waals surface area (Å²) in [5.41, 5.74) is 5.09. The summed E-state index contributed by atoms with van der Waals surface area (Å²) < 4.78 is 0. The molecule has 3 N–H and O–H groups in total. The van der Waals surface area contributed by atoms with Crippen LogP contribution in [0.25, 0.3) is 0 Å². The minimum Gasteiger partial charge on any atom is -0.393 e. The van der Waals surface area contributed by atoms with E-state index >= 15 is 0 Å². The van der Waals surface area contributed by atoms with Gasteiger partial charge in [0.05, 0.1) is 4.92 Å². The lowest BCUT2D eigenvalue weighted by molar-refractivity contribution is -0.384. The maximum Gasteiger partial charge on any atom is 0.304 e. The number of hydrogen-bond acceptors (Lipinski definition) is 4. The van der Waals surface area contributed by atoms with Crippen molar-refractivity contribution >= 4 is 17.3 Å². The molecule has 0 aromatic heterocycles. The molecule has 0 atom stereocenters. The van der Waals surface area contributed by atoms with Crippen molar-refractivity contribution in [3.63, 3.8) is 0 Å². The summed E-state index contributed by atoms with van der Waals surface area (Å²) in [6, 6.07) is 4.20. The van der Waals surface area contributed by atoms with Gasteiger partial charge in [-0.15, -0.1) is 0 Å². The minimum atomic E-state index is -0.648. The largest absolute Gasteiger partial charge is 0.393 e. The molecular formula is C10H13N3O3. The van der Waals surface area contributed by atoms with Gasteiger partial charge < -0.3 is 11.1 Å². The van der Waals surface area contributed by atoms with Crippen LogP contribution in [0, 0.1) is 10.1 Å². The summed E-state index contributed by atoms with van der Waals surface area (Å²) in [7, 11) is 0. The zero-order chi connectivity index (χ0) is 12.3. The van der Waals surface area contributed by atoms with E-state index in [1.807, 2.05) is 0 Å². The van der Waals surface area contributed by atoms with Crippen LogP contribution in [0.4, 0.5) is 11.4 Å². The first kappa shape index (κ1) is 12.0. The molecule has 0 unspecified atom stereocenters. The van der Waals surface area contributed by atoms with Crippen LogP contribution in [0.1, 0.15) is 24.2 Å². The van der Waals surface area contributed by atoms with Gasteiger partial charge in [-0.05, 0) is 26.0 Å². The number of nitro benzene ring substituents is 1. The van der Waals surface area contributed by atoms with E-state index in [1.54, 1.807) is 13.8 Å². The van der Waals surface area contributed by atoms with Crippen molar-refractivity contribution in [1.29, 1.82) is 0 Å². The molecule has 0 spiro atoms. The molecule has 86 valence electrons. The molecule has 0 saturated carbocycles. The fourth-order valence-corrected chi connectivity index (χ4v) is 1.29. The smallest absolute Gasteiger partial charge is 0.304 e. The Morgan fingerprint density at radius 1 is 1.50 bits per heavy atom. The number of nitrogens with zero attached hydrogens (tertiary/aromatic N) is 1. The van der Waals surface area contributed by atoms with Gasteiger partial charge in [0.25, 0.3) is 5.91 Å². The average molecular weight is 223 g/mol. The molecule has 1 rings (SSSR count). The first-order valence-corrected chi connectivity index (χ1v) is 4.77. The number of nitro groups is 1. The van der Waals surface area contributed by atoms with Gasteiger partial charge in [-0.3, -0.25) is 14.9 Å². The first-order chi connectivity index (χ1) is 7.43. The standard InChI is InChI=1S/C10H13N3O3/c1-6(2)12-10(14)7-4-3-5-8(11)9(7)13(15)16/h3-6H,11H2,1-2H3,(H,12,14). The van der Waals surface area contributed by atoms with E-state index in [0.29, 0.717) is 0 Å². The lowest BCUT2D eigenvalue weighted by Crippen LogP contribution is -2.30. The molecule has 0 heterocycles. The van der Waals surface area contributed by atoms with Crippen LogP contribution in [0.3, 0.4) is 0 Å². The van der Waals surface area contributed by atoms with Crippen LogP contribution in [0.5, 0.6) is 0 Å². The molecule has 6 nitrogen and oxygen atoms in total. The Morgan fingerprint density at radius 2 is 2.12 bits per heavy atom. The highest BCUT2D eigenvalue weighted by Crippen LogP contribution is 2.25. The molecule has 6 heteroatoms. The summed E-state index contributed by atoms with van der Waals surface area (Å²) in [5.74, 6) is -0.492. The molecule has 0 aliphatic carbocycles. The number of carbonyl (C=O) groups excluding carboxylic acids is 1. The zero-order valence-electron chi connectivity index (χ0n) is 9.06. The number of hydrogen-bond donors (Lipinski definition) is 2. The Labute approximate surface area is 92.6 Å². The van der Waals surface area contributed by atoms with E-state index < -0.39 is 10.8 Å². The van der Waals surface area contributed by atoms with Gasteiger partial charge in [0.15, 0.2) is 0 Å². The molecule has 16 heavy (non-hydrogen) atoms. The Hall–Kier alpha value is -2.11. The van der Waals surface area contributed by atoms with Crippen LogP contribution in [-0.2, 0) is 0 Å².